The van der Waals surface area contributed by atoms with E-state index in [1.807, 2.05) is 11.8 Å². The summed E-state index contributed by atoms with van der Waals surface area (Å²) >= 11 is 0. The molecular formula is C26H37N3O3. The second kappa shape index (κ2) is 8.69. The molecule has 2 saturated heterocycles. The topological polar surface area (TPSA) is 61.9 Å². The molecule has 6 heteroatoms. The molecule has 6 nitrogen and oxygen atoms in total. The van der Waals surface area contributed by atoms with Gasteiger partial charge in [0.2, 0.25) is 5.91 Å². The van der Waals surface area contributed by atoms with Gasteiger partial charge in [-0.2, -0.15) is 0 Å². The van der Waals surface area contributed by atoms with E-state index in [9.17, 15) is 9.59 Å². The van der Waals surface area contributed by atoms with E-state index in [-0.39, 0.29) is 23.5 Å². The number of amides is 2. The van der Waals surface area contributed by atoms with Crippen LogP contribution in [0.25, 0.3) is 0 Å². The number of nitrogens with one attached hydrogen (secondary N) is 1. The Morgan fingerprint density at radius 3 is 2.69 bits per heavy atom. The highest BCUT2D eigenvalue weighted by Gasteiger charge is 2.49. The van der Waals surface area contributed by atoms with Gasteiger partial charge in [-0.05, 0) is 82.0 Å². The number of hydrogen-bond donors (Lipinski definition) is 1. The molecule has 1 spiro atoms. The number of carbonyl (C=O) groups is 2. The standard InChI is InChI=1S/C26H37N3O3/c1-3-32-25(31)29-12-6-7-19-15-20(16-24(19)29)28-13-10-26(11-14-28)17-23(27-18(2)30)21-8-4-5-9-22(21)26/h4-5,8-9,19-20,23-24H,3,6-7,10-17H2,1-2H3,(H,27,30)/t19?,20?,23-,24?/m0/s1. The minimum Gasteiger partial charge on any atom is -0.450 e. The summed E-state index contributed by atoms with van der Waals surface area (Å²) in [5.74, 6) is 0.671. The third-order valence-corrected chi connectivity index (χ3v) is 8.66. The van der Waals surface area contributed by atoms with E-state index in [1.165, 1.54) is 24.0 Å². The first-order chi connectivity index (χ1) is 15.5. The minimum atomic E-state index is -0.118. The zero-order valence-electron chi connectivity index (χ0n) is 19.5. The highest BCUT2D eigenvalue weighted by Crippen LogP contribution is 2.51. The molecule has 2 aliphatic heterocycles. The smallest absolute Gasteiger partial charge is 0.410 e. The van der Waals surface area contributed by atoms with E-state index in [4.69, 9.17) is 4.74 Å². The van der Waals surface area contributed by atoms with Crippen LogP contribution in [0.1, 0.15) is 76.0 Å². The summed E-state index contributed by atoms with van der Waals surface area (Å²) in [7, 11) is 0. The van der Waals surface area contributed by atoms with Crippen LogP contribution in [-0.2, 0) is 14.9 Å². The molecule has 0 radical (unpaired) electrons. The number of piperidine rings is 2. The van der Waals surface area contributed by atoms with Gasteiger partial charge >= 0.3 is 6.09 Å². The monoisotopic (exact) mass is 439 g/mol. The lowest BCUT2D eigenvalue weighted by atomic mass is 9.73. The predicted octanol–water partition coefficient (Wildman–Crippen LogP) is 4.00. The van der Waals surface area contributed by atoms with Crippen LogP contribution in [0.2, 0.25) is 0 Å². The summed E-state index contributed by atoms with van der Waals surface area (Å²) in [6.45, 7) is 7.01. The van der Waals surface area contributed by atoms with E-state index in [2.05, 4.69) is 34.5 Å². The van der Waals surface area contributed by atoms with E-state index in [1.54, 1.807) is 6.92 Å². The lowest BCUT2D eigenvalue weighted by Crippen LogP contribution is -2.48. The maximum Gasteiger partial charge on any atom is 0.410 e. The van der Waals surface area contributed by atoms with Gasteiger partial charge in [0.05, 0.1) is 12.6 Å². The van der Waals surface area contributed by atoms with Gasteiger partial charge < -0.3 is 19.9 Å². The second-order valence-electron chi connectivity index (χ2n) is 10.3. The Bertz CT molecular complexity index is 864. The average molecular weight is 440 g/mol. The molecule has 4 aliphatic rings. The number of hydrogen-bond acceptors (Lipinski definition) is 4. The highest BCUT2D eigenvalue weighted by atomic mass is 16.6. The van der Waals surface area contributed by atoms with Gasteiger partial charge in [0.25, 0.3) is 0 Å². The molecule has 1 N–H and O–H groups in total. The second-order valence-corrected chi connectivity index (χ2v) is 10.3. The van der Waals surface area contributed by atoms with Gasteiger partial charge in [0.15, 0.2) is 0 Å². The largest absolute Gasteiger partial charge is 0.450 e. The van der Waals surface area contributed by atoms with E-state index < -0.39 is 0 Å². The Hall–Kier alpha value is -2.08. The SMILES string of the molecule is CCOC(=O)N1CCCC2CC(N3CCC4(CC3)C[C@H](NC(C)=O)c3ccccc34)CC21. The fourth-order valence-corrected chi connectivity index (χ4v) is 7.25. The zero-order chi connectivity index (χ0) is 22.3. The number of rotatable bonds is 3. The third kappa shape index (κ3) is 3.81. The maximum absolute atomic E-state index is 12.5. The van der Waals surface area contributed by atoms with Gasteiger partial charge in [0.1, 0.15) is 0 Å². The lowest BCUT2D eigenvalue weighted by Gasteiger charge is -2.43. The molecule has 2 amide bonds. The van der Waals surface area contributed by atoms with Gasteiger partial charge in [-0.15, -0.1) is 0 Å². The van der Waals surface area contributed by atoms with Crippen molar-refractivity contribution in [3.05, 3.63) is 35.4 Å². The zero-order valence-corrected chi connectivity index (χ0v) is 19.5. The normalized spacial score (nSPS) is 31.2. The third-order valence-electron chi connectivity index (χ3n) is 8.66. The summed E-state index contributed by atoms with van der Waals surface area (Å²) in [5, 5.41) is 3.19. The quantitative estimate of drug-likeness (QED) is 0.773. The fourth-order valence-electron chi connectivity index (χ4n) is 7.25. The molecule has 2 aliphatic carbocycles. The first-order valence-corrected chi connectivity index (χ1v) is 12.5. The lowest BCUT2D eigenvalue weighted by molar-refractivity contribution is -0.119. The number of carbonyl (C=O) groups excluding carboxylic acids is 2. The van der Waals surface area contributed by atoms with Crippen molar-refractivity contribution >= 4 is 12.0 Å². The Kier molecular flexibility index (Phi) is 5.91. The Morgan fingerprint density at radius 2 is 1.94 bits per heavy atom. The van der Waals surface area contributed by atoms with Crippen molar-refractivity contribution in [1.29, 1.82) is 0 Å². The van der Waals surface area contributed by atoms with Crippen LogP contribution in [0.4, 0.5) is 4.79 Å². The molecular weight excluding hydrogens is 402 g/mol. The number of benzene rings is 1. The molecule has 0 aromatic heterocycles. The molecule has 3 fully saturated rings. The molecule has 1 saturated carbocycles. The highest BCUT2D eigenvalue weighted by molar-refractivity contribution is 5.74. The molecule has 1 aromatic rings. The molecule has 0 bridgehead atoms. The summed E-state index contributed by atoms with van der Waals surface area (Å²) in [6.07, 6.45) is 7.82. The minimum absolute atomic E-state index is 0.0546. The summed E-state index contributed by atoms with van der Waals surface area (Å²) in [6, 6.07) is 9.78. The van der Waals surface area contributed by atoms with Crippen LogP contribution in [0.3, 0.4) is 0 Å². The van der Waals surface area contributed by atoms with Crippen molar-refractivity contribution in [2.24, 2.45) is 5.92 Å². The summed E-state index contributed by atoms with van der Waals surface area (Å²) in [4.78, 5) is 29.0. The van der Waals surface area contributed by atoms with Crippen molar-refractivity contribution in [3.63, 3.8) is 0 Å². The van der Waals surface area contributed by atoms with Crippen LogP contribution < -0.4 is 5.32 Å². The molecule has 174 valence electrons. The van der Waals surface area contributed by atoms with Crippen molar-refractivity contribution < 1.29 is 14.3 Å². The Labute approximate surface area is 191 Å². The van der Waals surface area contributed by atoms with Gasteiger partial charge in [-0.25, -0.2) is 4.79 Å². The summed E-state index contributed by atoms with van der Waals surface area (Å²) < 4.78 is 5.35. The first kappa shape index (κ1) is 21.7. The predicted molar refractivity (Wildman–Crippen MR) is 123 cm³/mol. The Morgan fingerprint density at radius 1 is 1.16 bits per heavy atom. The number of ether oxygens (including phenoxy) is 1. The van der Waals surface area contributed by atoms with Crippen molar-refractivity contribution in [2.45, 2.75) is 82.3 Å². The van der Waals surface area contributed by atoms with E-state index in [0.717, 1.165) is 51.7 Å². The van der Waals surface area contributed by atoms with Crippen LogP contribution in [0, 0.1) is 5.92 Å². The van der Waals surface area contributed by atoms with Crippen LogP contribution in [0.15, 0.2) is 24.3 Å². The van der Waals surface area contributed by atoms with Crippen molar-refractivity contribution in [1.82, 2.24) is 15.1 Å². The number of nitrogens with zero attached hydrogens (tertiary/aromatic N) is 2. The fraction of sp³-hybridized carbons (Fsp3) is 0.692. The van der Waals surface area contributed by atoms with Gasteiger partial charge in [-0.1, -0.05) is 24.3 Å². The molecule has 32 heavy (non-hydrogen) atoms. The molecule has 3 unspecified atom stereocenters. The van der Waals surface area contributed by atoms with Crippen molar-refractivity contribution in [2.75, 3.05) is 26.2 Å². The van der Waals surface area contributed by atoms with Crippen molar-refractivity contribution in [3.8, 4) is 0 Å². The molecule has 4 atom stereocenters. The number of likely N-dealkylation sites (tertiary alicyclic amines) is 2. The Balaban J connectivity index is 1.26. The first-order valence-electron chi connectivity index (χ1n) is 12.5. The van der Waals surface area contributed by atoms with Crippen LogP contribution in [-0.4, -0.2) is 60.1 Å². The molecule has 5 rings (SSSR count). The van der Waals surface area contributed by atoms with Gasteiger partial charge in [-0.3, -0.25) is 4.79 Å². The van der Waals surface area contributed by atoms with Gasteiger partial charge in [0, 0.05) is 31.0 Å². The van der Waals surface area contributed by atoms with E-state index in [0.29, 0.717) is 24.6 Å². The van der Waals surface area contributed by atoms with E-state index >= 15 is 0 Å². The maximum atomic E-state index is 12.5. The summed E-state index contributed by atoms with van der Waals surface area (Å²) in [5.41, 5.74) is 2.95. The number of fused-ring (bicyclic) bond motifs is 3. The van der Waals surface area contributed by atoms with Crippen LogP contribution >= 0.6 is 0 Å². The molecule has 2 heterocycles. The van der Waals surface area contributed by atoms with Crippen LogP contribution in [0.5, 0.6) is 0 Å². The average Bonchev–Trinajstić information content (AvgIpc) is 3.34. The molecule has 1 aromatic carbocycles.